The second kappa shape index (κ2) is 5.27. The first kappa shape index (κ1) is 13.2. The summed E-state index contributed by atoms with van der Waals surface area (Å²) in [5.41, 5.74) is 1.02. The van der Waals surface area contributed by atoms with Gasteiger partial charge in [-0.15, -0.1) is 20.4 Å². The summed E-state index contributed by atoms with van der Waals surface area (Å²) in [6, 6.07) is 6.49. The molecule has 3 rings (SSSR count). The van der Waals surface area contributed by atoms with Crippen LogP contribution in [0.4, 0.5) is 21.3 Å². The zero-order valence-electron chi connectivity index (χ0n) is 10.5. The Morgan fingerprint density at radius 1 is 1.40 bits per heavy atom. The van der Waals surface area contributed by atoms with Crippen LogP contribution in [0.3, 0.4) is 0 Å². The number of nitrogens with zero attached hydrogens (tertiary/aromatic N) is 4. The molecule has 2 N–H and O–H groups in total. The van der Waals surface area contributed by atoms with Gasteiger partial charge in [0.05, 0.1) is 5.69 Å². The first-order chi connectivity index (χ1) is 9.70. The number of para-hydroxylation sites is 2. The molecule has 1 aromatic carbocycles. The number of nitrogens with one attached hydrogen (secondary N) is 1. The third kappa shape index (κ3) is 2.19. The summed E-state index contributed by atoms with van der Waals surface area (Å²) >= 11 is 2.78. The minimum Gasteiger partial charge on any atom is -0.304 e. The Morgan fingerprint density at radius 3 is 3.00 bits per heavy atom. The van der Waals surface area contributed by atoms with Crippen LogP contribution in [0.2, 0.25) is 0 Å². The van der Waals surface area contributed by atoms with E-state index in [1.807, 2.05) is 6.92 Å². The van der Waals surface area contributed by atoms with Gasteiger partial charge in [0.1, 0.15) is 5.69 Å². The fraction of sp³-hybridized carbons (Fsp3) is 0.182. The lowest BCUT2D eigenvalue weighted by molar-refractivity contribution is 0.221. The molecule has 0 unspecified atom stereocenters. The molecule has 1 aliphatic heterocycles. The molecule has 0 atom stereocenters. The molecular weight excluding hydrogens is 298 g/mol. The Balaban J connectivity index is 1.95. The molecule has 0 spiro atoms. The lowest BCUT2D eigenvalue weighted by atomic mass is 10.2. The van der Waals surface area contributed by atoms with E-state index in [1.54, 1.807) is 24.3 Å². The van der Waals surface area contributed by atoms with Crippen LogP contribution in [-0.4, -0.2) is 27.2 Å². The number of benzene rings is 1. The Kier molecular flexibility index (Phi) is 3.47. The summed E-state index contributed by atoms with van der Waals surface area (Å²) in [7, 11) is 0. The molecular formula is C11H11N5O2S2. The van der Waals surface area contributed by atoms with Crippen molar-refractivity contribution in [3.63, 3.8) is 0 Å². The SMILES string of the molecule is CCSc1nnc(N2C(=O)Nc3ccccc3N2O)s1. The van der Waals surface area contributed by atoms with Gasteiger partial charge in [0.2, 0.25) is 5.13 Å². The number of hydrazine groups is 1. The van der Waals surface area contributed by atoms with Crippen LogP contribution in [0.15, 0.2) is 28.6 Å². The number of hydrogen-bond acceptors (Lipinski definition) is 7. The first-order valence-corrected chi connectivity index (χ1v) is 7.66. The number of amides is 2. The number of fused-ring (bicyclic) bond motifs is 1. The van der Waals surface area contributed by atoms with Gasteiger partial charge < -0.3 is 5.32 Å². The van der Waals surface area contributed by atoms with E-state index in [-0.39, 0.29) is 0 Å². The highest BCUT2D eigenvalue weighted by molar-refractivity contribution is 8.01. The fourth-order valence-electron chi connectivity index (χ4n) is 1.75. The second-order valence-corrected chi connectivity index (χ2v) is 6.30. The van der Waals surface area contributed by atoms with Gasteiger partial charge in [-0.2, -0.15) is 0 Å². The minimum absolute atomic E-state index is 0.315. The highest BCUT2D eigenvalue weighted by atomic mass is 32.2. The molecule has 0 saturated heterocycles. The highest BCUT2D eigenvalue weighted by Gasteiger charge is 2.32. The van der Waals surface area contributed by atoms with Crippen LogP contribution in [0, 0.1) is 0 Å². The van der Waals surface area contributed by atoms with Crippen molar-refractivity contribution in [2.24, 2.45) is 0 Å². The van der Waals surface area contributed by atoms with Crippen LogP contribution in [0.1, 0.15) is 6.92 Å². The summed E-state index contributed by atoms with van der Waals surface area (Å²) in [4.78, 5) is 12.1. The van der Waals surface area contributed by atoms with Crippen LogP contribution in [-0.2, 0) is 0 Å². The van der Waals surface area contributed by atoms with Crippen LogP contribution < -0.4 is 15.5 Å². The van der Waals surface area contributed by atoms with Gasteiger partial charge in [-0.05, 0) is 17.9 Å². The van der Waals surface area contributed by atoms with Crippen molar-refractivity contribution in [2.75, 3.05) is 21.3 Å². The zero-order valence-corrected chi connectivity index (χ0v) is 12.1. The lowest BCUT2D eigenvalue weighted by Gasteiger charge is -2.33. The van der Waals surface area contributed by atoms with Gasteiger partial charge in [-0.3, -0.25) is 5.21 Å². The smallest absolute Gasteiger partial charge is 0.304 e. The Hall–Kier alpha value is -1.84. The molecule has 0 bridgehead atoms. The van der Waals surface area contributed by atoms with Gasteiger partial charge in [-0.1, -0.05) is 42.2 Å². The number of rotatable bonds is 3. The summed E-state index contributed by atoms with van der Waals surface area (Å²) in [5, 5.41) is 23.0. The van der Waals surface area contributed by atoms with Crippen LogP contribution in [0.5, 0.6) is 0 Å². The van der Waals surface area contributed by atoms with Gasteiger partial charge in [-0.25, -0.2) is 4.79 Å². The van der Waals surface area contributed by atoms with Crippen LogP contribution >= 0.6 is 23.1 Å². The minimum atomic E-state index is -0.476. The zero-order chi connectivity index (χ0) is 14.1. The summed E-state index contributed by atoms with van der Waals surface area (Å²) in [5.74, 6) is 0.868. The molecule has 0 fully saturated rings. The van der Waals surface area contributed by atoms with Gasteiger partial charge in [0.25, 0.3) is 0 Å². The van der Waals surface area contributed by atoms with E-state index < -0.39 is 6.03 Å². The number of carbonyl (C=O) groups is 1. The van der Waals surface area contributed by atoms with Crippen molar-refractivity contribution in [1.82, 2.24) is 10.2 Å². The maximum absolute atomic E-state index is 12.1. The third-order valence-corrected chi connectivity index (χ3v) is 4.50. The monoisotopic (exact) mass is 309 g/mol. The molecule has 1 aromatic heterocycles. The van der Waals surface area contributed by atoms with Crippen molar-refractivity contribution in [2.45, 2.75) is 11.3 Å². The quantitative estimate of drug-likeness (QED) is 0.670. The normalized spacial score (nSPS) is 14.2. The van der Waals surface area contributed by atoms with Gasteiger partial charge in [0, 0.05) is 0 Å². The fourth-order valence-corrected chi connectivity index (χ4v) is 3.48. The number of anilines is 3. The van der Waals surface area contributed by atoms with Crippen molar-refractivity contribution in [1.29, 1.82) is 0 Å². The van der Waals surface area contributed by atoms with E-state index in [4.69, 9.17) is 0 Å². The molecule has 2 aromatic rings. The van der Waals surface area contributed by atoms with Crippen molar-refractivity contribution in [3.8, 4) is 0 Å². The Morgan fingerprint density at radius 2 is 2.20 bits per heavy atom. The molecule has 0 radical (unpaired) electrons. The van der Waals surface area contributed by atoms with E-state index in [2.05, 4.69) is 15.5 Å². The number of thioether (sulfide) groups is 1. The van der Waals surface area contributed by atoms with Gasteiger partial charge in [0.15, 0.2) is 4.34 Å². The summed E-state index contributed by atoms with van der Waals surface area (Å²) in [6.07, 6.45) is 0. The number of carbonyl (C=O) groups excluding carboxylic acids is 1. The maximum atomic E-state index is 12.1. The van der Waals surface area contributed by atoms with E-state index in [0.717, 1.165) is 20.3 Å². The Labute approximate surface area is 123 Å². The van der Waals surface area contributed by atoms with Crippen molar-refractivity contribution in [3.05, 3.63) is 24.3 Å². The van der Waals surface area contributed by atoms with Crippen molar-refractivity contribution < 1.29 is 10.0 Å². The van der Waals surface area contributed by atoms with Crippen LogP contribution in [0.25, 0.3) is 0 Å². The topological polar surface area (TPSA) is 81.6 Å². The second-order valence-electron chi connectivity index (χ2n) is 3.83. The summed E-state index contributed by atoms with van der Waals surface area (Å²) < 4.78 is 0.752. The number of hydrogen-bond donors (Lipinski definition) is 2. The summed E-state index contributed by atoms with van der Waals surface area (Å²) in [6.45, 7) is 2.01. The predicted molar refractivity (Wildman–Crippen MR) is 78.5 cm³/mol. The third-order valence-electron chi connectivity index (χ3n) is 2.59. The molecule has 2 amide bonds. The molecule has 9 heteroatoms. The number of urea groups is 1. The number of aromatic nitrogens is 2. The average molecular weight is 309 g/mol. The first-order valence-electron chi connectivity index (χ1n) is 5.86. The van der Waals surface area contributed by atoms with E-state index in [1.165, 1.54) is 23.1 Å². The largest absolute Gasteiger partial charge is 0.349 e. The standard InChI is InChI=1S/C11H11N5O2S2/c1-2-19-11-14-13-10(20-11)15-9(17)12-7-5-3-4-6-8(7)16(15)18/h3-6,18H,2H2,1H3,(H,12,17). The molecule has 0 saturated carbocycles. The van der Waals surface area contributed by atoms with E-state index in [9.17, 15) is 10.0 Å². The average Bonchev–Trinajstić information content (AvgIpc) is 2.87. The Bertz CT molecular complexity index is 647. The molecule has 104 valence electrons. The molecule has 7 nitrogen and oxygen atoms in total. The molecule has 20 heavy (non-hydrogen) atoms. The van der Waals surface area contributed by atoms with E-state index in [0.29, 0.717) is 16.5 Å². The van der Waals surface area contributed by atoms with Gasteiger partial charge >= 0.3 is 6.03 Å². The molecule has 1 aliphatic rings. The molecule has 2 heterocycles. The lowest BCUT2D eigenvalue weighted by Crippen LogP contribution is -2.50. The van der Waals surface area contributed by atoms with Crippen molar-refractivity contribution >= 4 is 45.6 Å². The highest BCUT2D eigenvalue weighted by Crippen LogP contribution is 2.35. The molecule has 0 aliphatic carbocycles. The maximum Gasteiger partial charge on any atom is 0.349 e. The van der Waals surface area contributed by atoms with E-state index >= 15 is 0 Å². The predicted octanol–water partition coefficient (Wildman–Crippen LogP) is 2.81.